The Hall–Kier alpha value is -3.22. The first-order chi connectivity index (χ1) is 12.5. The highest BCUT2D eigenvalue weighted by Crippen LogP contribution is 2.31. The number of fused-ring (bicyclic) bond motifs is 1. The summed E-state index contributed by atoms with van der Waals surface area (Å²) in [6, 6.07) is 8.01. The van der Waals surface area contributed by atoms with E-state index in [1.165, 1.54) is 20.3 Å². The molecule has 1 aromatic heterocycles. The van der Waals surface area contributed by atoms with Crippen molar-refractivity contribution in [1.29, 1.82) is 0 Å². The highest BCUT2D eigenvalue weighted by atomic mass is 19.1. The maximum atomic E-state index is 14.3. The number of hydrogen-bond donors (Lipinski definition) is 0. The second-order valence-corrected chi connectivity index (χ2v) is 5.51. The lowest BCUT2D eigenvalue weighted by Crippen LogP contribution is -2.06. The minimum absolute atomic E-state index is 0.122. The molecule has 0 spiro atoms. The number of ether oxygens (including phenoxy) is 3. The molecule has 3 aromatic rings. The monoisotopic (exact) mass is 356 g/mol. The van der Waals surface area contributed by atoms with Gasteiger partial charge >= 0.3 is 5.97 Å². The van der Waals surface area contributed by atoms with E-state index in [1.807, 2.05) is 0 Å². The van der Waals surface area contributed by atoms with Crippen molar-refractivity contribution in [3.8, 4) is 22.8 Å². The van der Waals surface area contributed by atoms with Gasteiger partial charge in [-0.05, 0) is 11.6 Å². The zero-order valence-corrected chi connectivity index (χ0v) is 14.6. The number of rotatable bonds is 5. The van der Waals surface area contributed by atoms with Gasteiger partial charge in [0.05, 0.1) is 50.7 Å². The highest BCUT2D eigenvalue weighted by molar-refractivity contribution is 5.81. The Balaban J connectivity index is 2.00. The summed E-state index contributed by atoms with van der Waals surface area (Å²) in [7, 11) is 4.35. The van der Waals surface area contributed by atoms with E-state index in [9.17, 15) is 9.18 Å². The van der Waals surface area contributed by atoms with Crippen molar-refractivity contribution in [2.24, 2.45) is 0 Å². The second-order valence-electron chi connectivity index (χ2n) is 5.51. The van der Waals surface area contributed by atoms with Gasteiger partial charge in [0.1, 0.15) is 5.82 Å². The number of methoxy groups -OCH3 is 3. The van der Waals surface area contributed by atoms with Crippen LogP contribution >= 0.6 is 0 Å². The lowest BCUT2D eigenvalue weighted by atomic mass is 10.1. The van der Waals surface area contributed by atoms with Crippen molar-refractivity contribution in [3.05, 3.63) is 47.9 Å². The third-order valence-electron chi connectivity index (χ3n) is 3.96. The van der Waals surface area contributed by atoms with Gasteiger partial charge in [0, 0.05) is 17.7 Å². The fraction of sp³-hybridized carbons (Fsp3) is 0.211. The number of nitrogens with zero attached hydrogens (tertiary/aromatic N) is 2. The van der Waals surface area contributed by atoms with Crippen molar-refractivity contribution >= 4 is 17.0 Å². The van der Waals surface area contributed by atoms with Gasteiger partial charge in [-0.25, -0.2) is 9.37 Å². The molecule has 0 saturated carbocycles. The molecule has 0 aliphatic carbocycles. The first-order valence-corrected chi connectivity index (χ1v) is 7.80. The molecule has 134 valence electrons. The van der Waals surface area contributed by atoms with Gasteiger partial charge in [0.15, 0.2) is 11.5 Å². The summed E-state index contributed by atoms with van der Waals surface area (Å²) in [4.78, 5) is 20.2. The van der Waals surface area contributed by atoms with Crippen LogP contribution in [-0.2, 0) is 16.0 Å². The predicted molar refractivity (Wildman–Crippen MR) is 93.8 cm³/mol. The van der Waals surface area contributed by atoms with E-state index in [-0.39, 0.29) is 12.0 Å². The Kier molecular flexibility index (Phi) is 4.97. The van der Waals surface area contributed by atoms with Gasteiger partial charge in [-0.2, -0.15) is 0 Å². The minimum atomic E-state index is -0.498. The molecular formula is C19H17FN2O4. The Bertz CT molecular complexity index is 975. The summed E-state index contributed by atoms with van der Waals surface area (Å²) in [6.07, 6.45) is 1.44. The van der Waals surface area contributed by atoms with Crippen molar-refractivity contribution in [1.82, 2.24) is 9.97 Å². The molecule has 0 aliphatic heterocycles. The second kappa shape index (κ2) is 7.35. The lowest BCUT2D eigenvalue weighted by molar-refractivity contribution is -0.139. The number of esters is 1. The zero-order valence-electron chi connectivity index (χ0n) is 14.6. The molecule has 0 amide bonds. The number of carbonyl (C=O) groups excluding carboxylic acids is 1. The highest BCUT2D eigenvalue weighted by Gasteiger charge is 2.12. The van der Waals surface area contributed by atoms with E-state index in [2.05, 4.69) is 14.7 Å². The van der Waals surface area contributed by atoms with Gasteiger partial charge in [0.2, 0.25) is 0 Å². The van der Waals surface area contributed by atoms with E-state index >= 15 is 0 Å². The molecule has 0 aliphatic rings. The van der Waals surface area contributed by atoms with Crippen LogP contribution < -0.4 is 9.47 Å². The third-order valence-corrected chi connectivity index (χ3v) is 3.96. The van der Waals surface area contributed by atoms with Crippen molar-refractivity contribution < 1.29 is 23.4 Å². The van der Waals surface area contributed by atoms with Crippen LogP contribution in [0.25, 0.3) is 22.3 Å². The standard InChI is InChI=1S/C19H17FN2O4/c1-24-17-8-14-15(9-18(17)25-2)22-16(10-21-14)12-5-4-11(13(20)6-12)7-19(23)26-3/h4-6,8-10H,7H2,1-3H3. The van der Waals surface area contributed by atoms with Gasteiger partial charge in [-0.1, -0.05) is 12.1 Å². The SMILES string of the molecule is COC(=O)Cc1ccc(-c2cnc3cc(OC)c(OC)cc3n2)cc1F. The summed E-state index contributed by atoms with van der Waals surface area (Å²) in [5, 5.41) is 0. The van der Waals surface area contributed by atoms with E-state index in [1.54, 1.807) is 37.6 Å². The Labute approximate surface area is 149 Å². The molecule has 0 bridgehead atoms. The smallest absolute Gasteiger partial charge is 0.310 e. The summed E-state index contributed by atoms with van der Waals surface area (Å²) >= 11 is 0. The van der Waals surface area contributed by atoms with Crippen molar-refractivity contribution in [2.75, 3.05) is 21.3 Å². The van der Waals surface area contributed by atoms with Crippen LogP contribution in [0.5, 0.6) is 11.5 Å². The molecule has 7 heteroatoms. The third kappa shape index (κ3) is 3.42. The number of halogens is 1. The molecular weight excluding hydrogens is 339 g/mol. The average molecular weight is 356 g/mol. The topological polar surface area (TPSA) is 70.5 Å². The molecule has 0 saturated heterocycles. The minimum Gasteiger partial charge on any atom is -0.493 e. The zero-order chi connectivity index (χ0) is 18.7. The summed E-state index contributed by atoms with van der Waals surface area (Å²) in [5.74, 6) is 0.0941. The van der Waals surface area contributed by atoms with Crippen LogP contribution in [0, 0.1) is 5.82 Å². The van der Waals surface area contributed by atoms with Crippen LogP contribution in [0.2, 0.25) is 0 Å². The molecule has 3 rings (SSSR count). The molecule has 1 heterocycles. The molecule has 0 radical (unpaired) electrons. The molecule has 0 unspecified atom stereocenters. The number of hydrogen-bond acceptors (Lipinski definition) is 6. The predicted octanol–water partition coefficient (Wildman–Crippen LogP) is 3.17. The number of aromatic nitrogens is 2. The van der Waals surface area contributed by atoms with Gasteiger partial charge < -0.3 is 14.2 Å². The van der Waals surface area contributed by atoms with Gasteiger partial charge in [-0.3, -0.25) is 9.78 Å². The van der Waals surface area contributed by atoms with E-state index in [4.69, 9.17) is 9.47 Å². The molecule has 6 nitrogen and oxygen atoms in total. The van der Waals surface area contributed by atoms with Crippen LogP contribution in [0.15, 0.2) is 36.5 Å². The van der Waals surface area contributed by atoms with Crippen LogP contribution in [0.1, 0.15) is 5.56 Å². The molecule has 2 aromatic carbocycles. The number of carbonyl (C=O) groups is 1. The molecule has 0 N–H and O–H groups in total. The normalized spacial score (nSPS) is 10.6. The Morgan fingerprint density at radius 1 is 1.04 bits per heavy atom. The van der Waals surface area contributed by atoms with Crippen LogP contribution in [0.4, 0.5) is 4.39 Å². The summed E-state index contributed by atoms with van der Waals surface area (Å²) in [6.45, 7) is 0. The van der Waals surface area contributed by atoms with E-state index < -0.39 is 11.8 Å². The van der Waals surface area contributed by atoms with Crippen LogP contribution in [-0.4, -0.2) is 37.3 Å². The first kappa shape index (κ1) is 17.6. The summed E-state index contributed by atoms with van der Waals surface area (Å²) in [5.41, 5.74) is 2.56. The first-order valence-electron chi connectivity index (χ1n) is 7.80. The molecule has 26 heavy (non-hydrogen) atoms. The van der Waals surface area contributed by atoms with Crippen molar-refractivity contribution in [2.45, 2.75) is 6.42 Å². The van der Waals surface area contributed by atoms with Crippen molar-refractivity contribution in [3.63, 3.8) is 0 Å². The fourth-order valence-corrected chi connectivity index (χ4v) is 2.56. The quantitative estimate of drug-likeness (QED) is 0.654. The van der Waals surface area contributed by atoms with Gasteiger partial charge in [0.25, 0.3) is 0 Å². The lowest BCUT2D eigenvalue weighted by Gasteiger charge is -2.10. The van der Waals surface area contributed by atoms with Crippen LogP contribution in [0.3, 0.4) is 0 Å². The maximum Gasteiger partial charge on any atom is 0.310 e. The van der Waals surface area contributed by atoms with Gasteiger partial charge in [-0.15, -0.1) is 0 Å². The van der Waals surface area contributed by atoms with E-state index in [0.717, 1.165) is 0 Å². The molecule has 0 fully saturated rings. The largest absolute Gasteiger partial charge is 0.493 e. The van der Waals surface area contributed by atoms with E-state index in [0.29, 0.717) is 33.8 Å². The maximum absolute atomic E-state index is 14.3. The Morgan fingerprint density at radius 3 is 2.35 bits per heavy atom. The number of benzene rings is 2. The molecule has 0 atom stereocenters. The summed E-state index contributed by atoms with van der Waals surface area (Å²) < 4.78 is 29.4. The fourth-order valence-electron chi connectivity index (χ4n) is 2.56. The Morgan fingerprint density at radius 2 is 1.73 bits per heavy atom. The average Bonchev–Trinajstić information content (AvgIpc) is 2.67.